The van der Waals surface area contributed by atoms with Crippen molar-refractivity contribution >= 4 is 24.5 Å². The molecule has 1 N–H and O–H groups in total. The molecule has 0 unspecified atom stereocenters. The quantitative estimate of drug-likeness (QED) is 0.182. The molecular weight excluding hydrogens is 383 g/mol. The molecule has 0 saturated carbocycles. The number of benzene rings is 2. The second kappa shape index (κ2) is 11.9. The van der Waals surface area contributed by atoms with Crippen molar-refractivity contribution in [3.05, 3.63) is 59.7 Å². The number of hydrogen-bond donors (Lipinski definition) is 1. The molecule has 0 atom stereocenters. The lowest BCUT2D eigenvalue weighted by Gasteiger charge is -2.21. The Kier molecular flexibility index (Phi) is 9.59. The highest BCUT2D eigenvalue weighted by atomic mass is 31.2. The first-order valence-corrected chi connectivity index (χ1v) is 11.9. The number of nitrogens with one attached hydrogen (secondary N) is 1. The molecular formula is C23H33N2O3P. The molecule has 0 aliphatic rings. The summed E-state index contributed by atoms with van der Waals surface area (Å²) >= 11 is 0. The summed E-state index contributed by atoms with van der Waals surface area (Å²) in [5, 5.41) is 3.20. The van der Waals surface area contributed by atoms with Crippen LogP contribution in [0.5, 0.6) is 0 Å². The summed E-state index contributed by atoms with van der Waals surface area (Å²) < 4.78 is 25.4. The summed E-state index contributed by atoms with van der Waals surface area (Å²) in [5.74, 6) is 0. The standard InChI is InChI=1S/C23H33N2O3P/c1-5-7-17-27-29(26,28-18-8-6-2)23(24-21-13-9-19(3)10-14-21)25-22-15-11-20(4)12-16-22/h9-16H,5-8,17-18H2,1-4H3,(H,24,25). The Labute approximate surface area is 175 Å². The number of anilines is 1. The van der Waals surface area contributed by atoms with Crippen LogP contribution in [-0.2, 0) is 13.6 Å². The van der Waals surface area contributed by atoms with Gasteiger partial charge in [0.1, 0.15) is 0 Å². The van der Waals surface area contributed by atoms with Crippen LogP contribution < -0.4 is 5.32 Å². The third-order valence-corrected chi connectivity index (χ3v) is 6.13. The molecule has 6 heteroatoms. The highest BCUT2D eigenvalue weighted by Gasteiger charge is 2.33. The first-order chi connectivity index (χ1) is 14.0. The highest BCUT2D eigenvalue weighted by Crippen LogP contribution is 2.51. The molecule has 0 fully saturated rings. The average Bonchev–Trinajstić information content (AvgIpc) is 2.71. The number of nitrogens with zero attached hydrogens (tertiary/aromatic N) is 1. The lowest BCUT2D eigenvalue weighted by Crippen LogP contribution is -2.17. The smallest absolute Gasteiger partial charge is 0.333 e. The van der Waals surface area contributed by atoms with Crippen LogP contribution >= 0.6 is 7.60 Å². The van der Waals surface area contributed by atoms with Crippen LogP contribution in [0.1, 0.15) is 50.7 Å². The summed E-state index contributed by atoms with van der Waals surface area (Å²) in [5.41, 5.74) is 3.99. The van der Waals surface area contributed by atoms with Gasteiger partial charge in [-0.25, -0.2) is 4.99 Å². The number of aryl methyl sites for hydroxylation is 2. The van der Waals surface area contributed by atoms with E-state index in [0.717, 1.165) is 42.5 Å². The predicted octanol–water partition coefficient (Wildman–Crippen LogP) is 7.23. The summed E-state index contributed by atoms with van der Waals surface area (Å²) in [6.07, 6.45) is 3.52. The van der Waals surface area contributed by atoms with Crippen LogP contribution in [0.25, 0.3) is 0 Å². The van der Waals surface area contributed by atoms with Crippen molar-refractivity contribution in [1.82, 2.24) is 0 Å². The van der Waals surface area contributed by atoms with Gasteiger partial charge in [-0.3, -0.25) is 4.57 Å². The van der Waals surface area contributed by atoms with E-state index in [9.17, 15) is 4.57 Å². The molecule has 5 nitrogen and oxygen atoms in total. The molecule has 2 aromatic rings. The van der Waals surface area contributed by atoms with Gasteiger partial charge in [-0.1, -0.05) is 62.1 Å². The number of amidine groups is 1. The molecule has 0 bridgehead atoms. The van der Waals surface area contributed by atoms with E-state index in [4.69, 9.17) is 9.05 Å². The Morgan fingerprint density at radius 2 is 1.34 bits per heavy atom. The lowest BCUT2D eigenvalue weighted by molar-refractivity contribution is 0.211. The minimum atomic E-state index is -3.60. The molecule has 0 saturated heterocycles. The topological polar surface area (TPSA) is 59.9 Å². The minimum absolute atomic E-state index is 0.220. The van der Waals surface area contributed by atoms with Crippen molar-refractivity contribution in [2.45, 2.75) is 53.4 Å². The number of aliphatic imine (C=N–C) groups is 1. The average molecular weight is 417 g/mol. The van der Waals surface area contributed by atoms with Crippen LogP contribution in [0.4, 0.5) is 11.4 Å². The Hall–Kier alpha value is -1.94. The van der Waals surface area contributed by atoms with E-state index < -0.39 is 7.60 Å². The minimum Gasteiger partial charge on any atom is -0.333 e. The van der Waals surface area contributed by atoms with E-state index in [1.54, 1.807) is 0 Å². The maximum absolute atomic E-state index is 13.8. The van der Waals surface area contributed by atoms with E-state index in [-0.39, 0.29) is 5.58 Å². The fourth-order valence-corrected chi connectivity index (χ4v) is 4.04. The van der Waals surface area contributed by atoms with Crippen LogP contribution in [0.3, 0.4) is 0 Å². The Bertz CT molecular complexity index is 803. The van der Waals surface area contributed by atoms with Crippen molar-refractivity contribution in [1.29, 1.82) is 0 Å². The molecule has 0 aromatic heterocycles. The van der Waals surface area contributed by atoms with Crippen molar-refractivity contribution in [2.75, 3.05) is 18.5 Å². The molecule has 2 rings (SSSR count). The second-order valence-electron chi connectivity index (χ2n) is 7.13. The molecule has 0 spiro atoms. The summed E-state index contributed by atoms with van der Waals surface area (Å²) in [7, 11) is -3.60. The second-order valence-corrected chi connectivity index (χ2v) is 9.07. The van der Waals surface area contributed by atoms with Crippen LogP contribution in [-0.4, -0.2) is 18.8 Å². The van der Waals surface area contributed by atoms with Crippen molar-refractivity contribution in [3.63, 3.8) is 0 Å². The van der Waals surface area contributed by atoms with Crippen LogP contribution in [0, 0.1) is 13.8 Å². The largest absolute Gasteiger partial charge is 0.396 e. The van der Waals surface area contributed by atoms with Gasteiger partial charge < -0.3 is 14.4 Å². The molecule has 2 aromatic carbocycles. The third-order valence-electron chi connectivity index (χ3n) is 4.35. The number of unbranched alkanes of at least 4 members (excludes halogenated alkanes) is 2. The maximum Gasteiger partial charge on any atom is 0.396 e. The first kappa shape index (κ1) is 23.3. The molecule has 0 radical (unpaired) electrons. The molecule has 29 heavy (non-hydrogen) atoms. The first-order valence-electron chi connectivity index (χ1n) is 10.4. The summed E-state index contributed by atoms with van der Waals surface area (Å²) in [4.78, 5) is 4.64. The number of rotatable bonds is 11. The Balaban J connectivity index is 2.39. The van der Waals surface area contributed by atoms with E-state index in [1.165, 1.54) is 0 Å². The van der Waals surface area contributed by atoms with Gasteiger partial charge in [-0.05, 0) is 51.0 Å². The molecule has 158 valence electrons. The lowest BCUT2D eigenvalue weighted by atomic mass is 10.2. The van der Waals surface area contributed by atoms with E-state index in [2.05, 4.69) is 24.2 Å². The fraction of sp³-hybridized carbons (Fsp3) is 0.435. The Morgan fingerprint density at radius 3 is 1.83 bits per heavy atom. The zero-order valence-corrected chi connectivity index (χ0v) is 18.9. The highest BCUT2D eigenvalue weighted by molar-refractivity contribution is 7.72. The zero-order valence-electron chi connectivity index (χ0n) is 18.0. The van der Waals surface area contributed by atoms with Gasteiger partial charge in [-0.15, -0.1) is 0 Å². The van der Waals surface area contributed by atoms with Crippen LogP contribution in [0.15, 0.2) is 53.5 Å². The fourth-order valence-electron chi connectivity index (χ4n) is 2.48. The van der Waals surface area contributed by atoms with Gasteiger partial charge in [0.2, 0.25) is 5.58 Å². The van der Waals surface area contributed by atoms with E-state index in [0.29, 0.717) is 18.9 Å². The number of hydrogen-bond acceptors (Lipinski definition) is 4. The van der Waals surface area contributed by atoms with Gasteiger partial charge >= 0.3 is 7.60 Å². The van der Waals surface area contributed by atoms with Crippen molar-refractivity contribution in [2.24, 2.45) is 4.99 Å². The predicted molar refractivity (Wildman–Crippen MR) is 122 cm³/mol. The molecule has 0 heterocycles. The van der Waals surface area contributed by atoms with Crippen LogP contribution in [0.2, 0.25) is 0 Å². The normalized spacial score (nSPS) is 12.2. The summed E-state index contributed by atoms with van der Waals surface area (Å²) in [6, 6.07) is 15.6. The van der Waals surface area contributed by atoms with Crippen molar-refractivity contribution in [3.8, 4) is 0 Å². The molecule has 0 aliphatic heterocycles. The monoisotopic (exact) mass is 416 g/mol. The molecule has 0 aliphatic carbocycles. The van der Waals surface area contributed by atoms with E-state index in [1.807, 2.05) is 62.4 Å². The third kappa shape index (κ3) is 7.77. The SMILES string of the molecule is CCCCOP(=O)(OCCCC)C(=Nc1ccc(C)cc1)Nc1ccc(C)cc1. The van der Waals surface area contributed by atoms with E-state index >= 15 is 0 Å². The zero-order chi connectivity index (χ0) is 21.1. The maximum atomic E-state index is 13.8. The van der Waals surface area contributed by atoms with Gasteiger partial charge in [0, 0.05) is 5.69 Å². The van der Waals surface area contributed by atoms with Gasteiger partial charge in [0.25, 0.3) is 0 Å². The summed E-state index contributed by atoms with van der Waals surface area (Å²) in [6.45, 7) is 8.91. The van der Waals surface area contributed by atoms with Gasteiger partial charge in [0.05, 0.1) is 18.9 Å². The Morgan fingerprint density at radius 1 is 0.862 bits per heavy atom. The molecule has 0 amide bonds. The van der Waals surface area contributed by atoms with Crippen molar-refractivity contribution < 1.29 is 13.6 Å². The van der Waals surface area contributed by atoms with Gasteiger partial charge in [-0.2, -0.15) is 0 Å². The van der Waals surface area contributed by atoms with Gasteiger partial charge in [0.15, 0.2) is 0 Å².